The third-order valence-electron chi connectivity index (χ3n) is 4.39. The zero-order chi connectivity index (χ0) is 19.8. The van der Waals surface area contributed by atoms with Crippen molar-refractivity contribution in [1.82, 2.24) is 29.6 Å². The van der Waals surface area contributed by atoms with E-state index >= 15 is 0 Å². The highest BCUT2D eigenvalue weighted by atomic mass is 35.5. The predicted octanol–water partition coefficient (Wildman–Crippen LogP) is 2.19. The lowest BCUT2D eigenvalue weighted by Crippen LogP contribution is -2.06. The molecular formula is C18H17ClN6O3. The highest BCUT2D eigenvalue weighted by Crippen LogP contribution is 2.30. The first-order valence-corrected chi connectivity index (χ1v) is 8.82. The van der Waals surface area contributed by atoms with E-state index in [-0.39, 0.29) is 6.42 Å². The molecule has 0 atom stereocenters. The molecule has 0 aliphatic heterocycles. The van der Waals surface area contributed by atoms with Crippen LogP contribution in [0.25, 0.3) is 27.9 Å². The molecule has 144 valence electrons. The van der Waals surface area contributed by atoms with E-state index in [1.807, 2.05) is 24.3 Å². The maximum atomic E-state index is 11.7. The molecule has 0 spiro atoms. The van der Waals surface area contributed by atoms with Crippen LogP contribution in [0.1, 0.15) is 11.4 Å². The Hall–Kier alpha value is -3.04. The molecule has 10 heteroatoms. The van der Waals surface area contributed by atoms with E-state index in [1.165, 1.54) is 7.11 Å². The molecule has 4 aromatic rings. The maximum absolute atomic E-state index is 11.7. The topological polar surface area (TPSA) is 96.4 Å². The lowest BCUT2D eigenvalue weighted by atomic mass is 10.1. The van der Waals surface area contributed by atoms with E-state index in [1.54, 1.807) is 23.4 Å². The summed E-state index contributed by atoms with van der Waals surface area (Å²) in [5, 5.41) is 18.4. The lowest BCUT2D eigenvalue weighted by Gasteiger charge is -2.02. The largest absolute Gasteiger partial charge is 0.469 e. The second-order valence-electron chi connectivity index (χ2n) is 6.19. The zero-order valence-electron chi connectivity index (χ0n) is 15.5. The quantitative estimate of drug-likeness (QED) is 0.474. The molecule has 0 N–H and O–H groups in total. The Kier molecular flexibility index (Phi) is 4.70. The summed E-state index contributed by atoms with van der Waals surface area (Å²) in [7, 11) is 4.71. The summed E-state index contributed by atoms with van der Waals surface area (Å²) < 4.78 is 13.4. The predicted molar refractivity (Wildman–Crippen MR) is 102 cm³/mol. The van der Waals surface area contributed by atoms with Gasteiger partial charge in [-0.25, -0.2) is 4.68 Å². The van der Waals surface area contributed by atoms with E-state index in [0.29, 0.717) is 39.8 Å². The molecule has 0 bridgehead atoms. The summed E-state index contributed by atoms with van der Waals surface area (Å²) in [4.78, 5) is 11.7. The normalized spacial score (nSPS) is 11.4. The molecule has 0 radical (unpaired) electrons. The van der Waals surface area contributed by atoms with Crippen molar-refractivity contribution in [3.05, 3.63) is 40.7 Å². The number of aromatic nitrogens is 6. The zero-order valence-corrected chi connectivity index (χ0v) is 16.3. The molecule has 0 aliphatic rings. The number of aryl methyl sites for hydroxylation is 1. The summed E-state index contributed by atoms with van der Waals surface area (Å²) in [6.45, 7) is 0.301. The van der Waals surface area contributed by atoms with Gasteiger partial charge in [-0.15, -0.1) is 10.2 Å². The average molecular weight is 401 g/mol. The minimum Gasteiger partial charge on any atom is -0.469 e. The Morgan fingerprint density at radius 2 is 1.86 bits per heavy atom. The maximum Gasteiger partial charge on any atom is 0.311 e. The van der Waals surface area contributed by atoms with Crippen molar-refractivity contribution in [2.45, 2.75) is 13.0 Å². The number of methoxy groups -OCH3 is 2. The van der Waals surface area contributed by atoms with Gasteiger partial charge in [0.15, 0.2) is 16.8 Å². The van der Waals surface area contributed by atoms with Gasteiger partial charge in [-0.2, -0.15) is 14.7 Å². The Labute approximate surface area is 164 Å². The van der Waals surface area contributed by atoms with E-state index in [4.69, 9.17) is 21.1 Å². The molecule has 0 saturated carbocycles. The van der Waals surface area contributed by atoms with Gasteiger partial charge in [0.05, 0.1) is 31.4 Å². The Morgan fingerprint density at radius 3 is 2.54 bits per heavy atom. The average Bonchev–Trinajstić information content (AvgIpc) is 3.20. The first-order chi connectivity index (χ1) is 13.5. The summed E-state index contributed by atoms with van der Waals surface area (Å²) >= 11 is 6.02. The summed E-state index contributed by atoms with van der Waals surface area (Å²) in [5.74, 6) is -0.399. The Balaban J connectivity index is 1.98. The highest BCUT2D eigenvalue weighted by Gasteiger charge is 2.22. The van der Waals surface area contributed by atoms with E-state index < -0.39 is 5.97 Å². The van der Waals surface area contributed by atoms with Crippen LogP contribution in [0.3, 0.4) is 0 Å². The number of hydrogen-bond donors (Lipinski definition) is 0. The number of rotatable bonds is 5. The number of benzene rings is 1. The molecule has 4 rings (SSSR count). The van der Waals surface area contributed by atoms with Crippen molar-refractivity contribution in [1.29, 1.82) is 0 Å². The van der Waals surface area contributed by atoms with Crippen molar-refractivity contribution in [2.75, 3.05) is 14.2 Å². The number of carbonyl (C=O) groups is 1. The number of ether oxygens (including phenoxy) is 2. The van der Waals surface area contributed by atoms with E-state index in [0.717, 1.165) is 11.1 Å². The molecule has 0 aliphatic carbocycles. The molecule has 3 aromatic heterocycles. The van der Waals surface area contributed by atoms with Crippen LogP contribution in [0, 0.1) is 0 Å². The minimum atomic E-state index is -0.399. The molecule has 1 aromatic carbocycles. The molecule has 0 saturated heterocycles. The van der Waals surface area contributed by atoms with Gasteiger partial charge in [0, 0.05) is 19.2 Å². The van der Waals surface area contributed by atoms with Gasteiger partial charge < -0.3 is 9.47 Å². The summed E-state index contributed by atoms with van der Waals surface area (Å²) in [6, 6.07) is 7.41. The van der Waals surface area contributed by atoms with Gasteiger partial charge in [-0.05, 0) is 17.7 Å². The van der Waals surface area contributed by atoms with Gasteiger partial charge in [-0.1, -0.05) is 23.7 Å². The molecule has 3 heterocycles. The van der Waals surface area contributed by atoms with Crippen molar-refractivity contribution >= 4 is 34.4 Å². The number of hydrogen-bond acceptors (Lipinski definition) is 7. The molecule has 28 heavy (non-hydrogen) atoms. The number of halogens is 1. The third kappa shape index (κ3) is 2.98. The Morgan fingerprint density at radius 1 is 1.11 bits per heavy atom. The van der Waals surface area contributed by atoms with Crippen LogP contribution in [0.5, 0.6) is 0 Å². The molecular weight excluding hydrogens is 384 g/mol. The first-order valence-electron chi connectivity index (χ1n) is 8.45. The second-order valence-corrected chi connectivity index (χ2v) is 6.63. The number of fused-ring (bicyclic) bond motifs is 3. The number of nitrogens with zero attached hydrogens (tertiary/aromatic N) is 6. The van der Waals surface area contributed by atoms with Crippen molar-refractivity contribution in [3.63, 3.8) is 0 Å². The van der Waals surface area contributed by atoms with Crippen LogP contribution in [-0.2, 0) is 34.3 Å². The van der Waals surface area contributed by atoms with E-state index in [9.17, 15) is 4.79 Å². The Bertz CT molecular complexity index is 1180. The van der Waals surface area contributed by atoms with Crippen molar-refractivity contribution in [3.8, 4) is 11.1 Å². The lowest BCUT2D eigenvalue weighted by molar-refractivity contribution is -0.139. The fraction of sp³-hybridized carbons (Fsp3) is 0.278. The highest BCUT2D eigenvalue weighted by molar-refractivity contribution is 6.30. The van der Waals surface area contributed by atoms with Crippen LogP contribution >= 0.6 is 11.6 Å². The van der Waals surface area contributed by atoms with Gasteiger partial charge in [0.2, 0.25) is 0 Å². The smallest absolute Gasteiger partial charge is 0.311 e. The van der Waals surface area contributed by atoms with Crippen LogP contribution in [-0.4, -0.2) is 49.8 Å². The van der Waals surface area contributed by atoms with Gasteiger partial charge in [0.1, 0.15) is 5.69 Å². The van der Waals surface area contributed by atoms with Crippen LogP contribution in [0.2, 0.25) is 5.02 Å². The van der Waals surface area contributed by atoms with E-state index in [2.05, 4.69) is 20.4 Å². The van der Waals surface area contributed by atoms with Crippen LogP contribution < -0.4 is 0 Å². The number of esters is 1. The second kappa shape index (κ2) is 7.17. The fourth-order valence-corrected chi connectivity index (χ4v) is 3.29. The van der Waals surface area contributed by atoms with Crippen LogP contribution in [0.15, 0.2) is 24.3 Å². The summed E-state index contributed by atoms with van der Waals surface area (Å²) in [5.41, 5.74) is 4.59. The molecule has 0 amide bonds. The SMILES string of the molecule is COCc1nn2c(nnc3c(CC(=O)OC)nn(C)c32)c1-c1ccc(Cl)cc1. The first kappa shape index (κ1) is 18.3. The minimum absolute atomic E-state index is 0.00423. The molecule has 0 unspecified atom stereocenters. The third-order valence-corrected chi connectivity index (χ3v) is 4.65. The monoisotopic (exact) mass is 400 g/mol. The van der Waals surface area contributed by atoms with Gasteiger partial charge in [-0.3, -0.25) is 4.79 Å². The van der Waals surface area contributed by atoms with Gasteiger partial charge in [0.25, 0.3) is 0 Å². The fourth-order valence-electron chi connectivity index (χ4n) is 3.17. The van der Waals surface area contributed by atoms with Crippen molar-refractivity contribution < 1.29 is 14.3 Å². The van der Waals surface area contributed by atoms with Crippen molar-refractivity contribution in [2.24, 2.45) is 7.05 Å². The van der Waals surface area contributed by atoms with Gasteiger partial charge >= 0.3 is 5.97 Å². The van der Waals surface area contributed by atoms with Crippen LogP contribution in [0.4, 0.5) is 0 Å². The standard InChI is InChI=1S/C18H17ClN6O3/c1-24-18-16(12(22-24)8-14(26)28-3)20-21-17-15(10-4-6-11(19)7-5-10)13(9-27-2)23-25(17)18/h4-7H,8-9H2,1-3H3. The summed E-state index contributed by atoms with van der Waals surface area (Å²) in [6.07, 6.45) is 0.00423. The number of carbonyl (C=O) groups excluding carboxylic acids is 1. The molecule has 0 fully saturated rings. The molecule has 9 nitrogen and oxygen atoms in total.